The fraction of sp³-hybridized carbons (Fsp3) is 0.200. The van der Waals surface area contributed by atoms with Gasteiger partial charge in [0.25, 0.3) is 0 Å². The van der Waals surface area contributed by atoms with E-state index in [-0.39, 0.29) is 12.4 Å². The van der Waals surface area contributed by atoms with Gasteiger partial charge in [-0.15, -0.1) is 0 Å². The molecule has 0 heterocycles. The average molecular weight is 245 g/mol. The Bertz CT molecular complexity index is 493. The van der Waals surface area contributed by atoms with Crippen LogP contribution in [-0.2, 0) is 13.2 Å². The molecule has 0 saturated carbocycles. The van der Waals surface area contributed by atoms with Gasteiger partial charge >= 0.3 is 0 Å². The number of rotatable bonds is 4. The lowest BCUT2D eigenvalue weighted by atomic mass is 10.1. The smallest absolute Gasteiger partial charge is 0.123 e. The SMILES string of the molecule is CN(Cc1ccc(F)cc1)c1ccc(CO)cc1. The number of aliphatic hydroxyl groups is 1. The predicted octanol–water partition coefficient (Wildman–Crippen LogP) is 2.95. The van der Waals surface area contributed by atoms with Gasteiger partial charge in [-0.1, -0.05) is 24.3 Å². The van der Waals surface area contributed by atoms with Gasteiger partial charge in [0.05, 0.1) is 6.61 Å². The zero-order chi connectivity index (χ0) is 13.0. The van der Waals surface area contributed by atoms with E-state index < -0.39 is 0 Å². The fourth-order valence-electron chi connectivity index (χ4n) is 1.81. The zero-order valence-corrected chi connectivity index (χ0v) is 10.3. The van der Waals surface area contributed by atoms with Gasteiger partial charge in [-0.05, 0) is 35.4 Å². The van der Waals surface area contributed by atoms with Crippen molar-refractivity contribution in [2.75, 3.05) is 11.9 Å². The number of hydrogen-bond acceptors (Lipinski definition) is 2. The van der Waals surface area contributed by atoms with Gasteiger partial charge in [0.2, 0.25) is 0 Å². The molecule has 94 valence electrons. The van der Waals surface area contributed by atoms with Crippen LogP contribution in [0.2, 0.25) is 0 Å². The van der Waals surface area contributed by atoms with Crippen LogP contribution in [0.4, 0.5) is 10.1 Å². The summed E-state index contributed by atoms with van der Waals surface area (Å²) in [4.78, 5) is 2.08. The number of benzene rings is 2. The topological polar surface area (TPSA) is 23.5 Å². The van der Waals surface area contributed by atoms with Crippen molar-refractivity contribution in [1.29, 1.82) is 0 Å². The van der Waals surface area contributed by atoms with E-state index in [4.69, 9.17) is 5.11 Å². The van der Waals surface area contributed by atoms with Crippen molar-refractivity contribution in [3.63, 3.8) is 0 Å². The Labute approximate surface area is 106 Å². The molecule has 2 aromatic carbocycles. The van der Waals surface area contributed by atoms with Crippen LogP contribution in [0.5, 0.6) is 0 Å². The first-order valence-electron chi connectivity index (χ1n) is 5.84. The molecular formula is C15H16FNO. The van der Waals surface area contributed by atoms with Gasteiger partial charge in [0.1, 0.15) is 5.82 Å². The summed E-state index contributed by atoms with van der Waals surface area (Å²) in [5.41, 5.74) is 3.02. The van der Waals surface area contributed by atoms with Crippen LogP contribution in [0.15, 0.2) is 48.5 Å². The van der Waals surface area contributed by atoms with Gasteiger partial charge in [-0.25, -0.2) is 4.39 Å². The number of nitrogens with zero attached hydrogens (tertiary/aromatic N) is 1. The Kier molecular flexibility index (Phi) is 3.95. The Morgan fingerprint density at radius 3 is 2.06 bits per heavy atom. The molecule has 2 nitrogen and oxygen atoms in total. The molecule has 3 heteroatoms. The molecule has 0 aliphatic rings. The molecule has 0 radical (unpaired) electrons. The molecule has 0 saturated heterocycles. The third kappa shape index (κ3) is 3.08. The van der Waals surface area contributed by atoms with Crippen molar-refractivity contribution in [3.05, 3.63) is 65.5 Å². The van der Waals surface area contributed by atoms with Gasteiger partial charge < -0.3 is 10.0 Å². The molecule has 1 N–H and O–H groups in total. The first-order chi connectivity index (χ1) is 8.69. The number of hydrogen-bond donors (Lipinski definition) is 1. The van der Waals surface area contributed by atoms with E-state index in [0.717, 1.165) is 23.4 Å². The first kappa shape index (κ1) is 12.6. The van der Waals surface area contributed by atoms with Crippen molar-refractivity contribution in [1.82, 2.24) is 0 Å². The fourth-order valence-corrected chi connectivity index (χ4v) is 1.81. The Hall–Kier alpha value is -1.87. The molecule has 0 aliphatic heterocycles. The lowest BCUT2D eigenvalue weighted by Crippen LogP contribution is -2.16. The second-order valence-electron chi connectivity index (χ2n) is 4.31. The van der Waals surface area contributed by atoms with Gasteiger partial charge in [0, 0.05) is 19.3 Å². The van der Waals surface area contributed by atoms with Crippen LogP contribution in [-0.4, -0.2) is 12.2 Å². The standard InChI is InChI=1S/C15H16FNO/c1-17(10-12-2-6-14(16)7-3-12)15-8-4-13(11-18)5-9-15/h2-9,18H,10-11H2,1H3. The largest absolute Gasteiger partial charge is 0.392 e. The molecule has 0 amide bonds. The minimum absolute atomic E-state index is 0.0575. The van der Waals surface area contributed by atoms with Crippen molar-refractivity contribution in [3.8, 4) is 0 Å². The quantitative estimate of drug-likeness (QED) is 0.895. The van der Waals surface area contributed by atoms with Crippen LogP contribution >= 0.6 is 0 Å². The Morgan fingerprint density at radius 2 is 1.50 bits per heavy atom. The molecule has 0 atom stereocenters. The van der Waals surface area contributed by atoms with E-state index in [9.17, 15) is 4.39 Å². The Balaban J connectivity index is 2.06. The summed E-state index contributed by atoms with van der Waals surface area (Å²) in [7, 11) is 1.98. The van der Waals surface area contributed by atoms with Crippen LogP contribution in [0.25, 0.3) is 0 Å². The lowest BCUT2D eigenvalue weighted by molar-refractivity contribution is 0.282. The molecular weight excluding hydrogens is 229 g/mol. The summed E-state index contributed by atoms with van der Waals surface area (Å²) in [5.74, 6) is -0.214. The van der Waals surface area contributed by atoms with Gasteiger partial charge in [-0.3, -0.25) is 0 Å². The number of anilines is 1. The second kappa shape index (κ2) is 5.65. The molecule has 2 aromatic rings. The van der Waals surface area contributed by atoms with Crippen molar-refractivity contribution < 1.29 is 9.50 Å². The summed E-state index contributed by atoms with van der Waals surface area (Å²) in [6.45, 7) is 0.778. The van der Waals surface area contributed by atoms with E-state index in [2.05, 4.69) is 4.90 Å². The summed E-state index contributed by atoms with van der Waals surface area (Å²) in [6, 6.07) is 14.2. The first-order valence-corrected chi connectivity index (χ1v) is 5.84. The highest BCUT2D eigenvalue weighted by atomic mass is 19.1. The average Bonchev–Trinajstić information content (AvgIpc) is 2.41. The highest BCUT2D eigenvalue weighted by Crippen LogP contribution is 2.16. The summed E-state index contributed by atoms with van der Waals surface area (Å²) in [6.07, 6.45) is 0. The van der Waals surface area contributed by atoms with Crippen molar-refractivity contribution in [2.24, 2.45) is 0 Å². The van der Waals surface area contributed by atoms with Crippen molar-refractivity contribution >= 4 is 5.69 Å². The molecule has 0 aromatic heterocycles. The molecule has 0 spiro atoms. The third-order valence-electron chi connectivity index (χ3n) is 2.89. The molecule has 0 fully saturated rings. The maximum Gasteiger partial charge on any atom is 0.123 e. The summed E-state index contributed by atoms with van der Waals surface area (Å²) < 4.78 is 12.8. The van der Waals surface area contributed by atoms with Crippen LogP contribution in [0.3, 0.4) is 0 Å². The second-order valence-corrected chi connectivity index (χ2v) is 4.31. The van der Waals surface area contributed by atoms with Crippen molar-refractivity contribution in [2.45, 2.75) is 13.2 Å². The van der Waals surface area contributed by atoms with E-state index >= 15 is 0 Å². The molecule has 2 rings (SSSR count). The van der Waals surface area contributed by atoms with Gasteiger partial charge in [-0.2, -0.15) is 0 Å². The van der Waals surface area contributed by atoms with E-state index in [1.807, 2.05) is 31.3 Å². The maximum atomic E-state index is 12.8. The van der Waals surface area contributed by atoms with Gasteiger partial charge in [0.15, 0.2) is 0 Å². The molecule has 0 bridgehead atoms. The predicted molar refractivity (Wildman–Crippen MR) is 70.9 cm³/mol. The zero-order valence-electron chi connectivity index (χ0n) is 10.3. The van der Waals surface area contributed by atoms with E-state index in [1.165, 1.54) is 12.1 Å². The third-order valence-corrected chi connectivity index (χ3v) is 2.89. The van der Waals surface area contributed by atoms with E-state index in [0.29, 0.717) is 0 Å². The highest BCUT2D eigenvalue weighted by molar-refractivity contribution is 5.47. The number of halogens is 1. The van der Waals surface area contributed by atoms with Crippen LogP contribution in [0.1, 0.15) is 11.1 Å². The summed E-state index contributed by atoms with van der Waals surface area (Å²) >= 11 is 0. The van der Waals surface area contributed by atoms with Crippen LogP contribution < -0.4 is 4.90 Å². The molecule has 0 aliphatic carbocycles. The minimum Gasteiger partial charge on any atom is -0.392 e. The monoisotopic (exact) mass is 245 g/mol. The minimum atomic E-state index is -0.214. The molecule has 18 heavy (non-hydrogen) atoms. The molecule has 0 unspecified atom stereocenters. The normalized spacial score (nSPS) is 10.4. The Morgan fingerprint density at radius 1 is 0.944 bits per heavy atom. The maximum absolute atomic E-state index is 12.8. The highest BCUT2D eigenvalue weighted by Gasteiger charge is 2.02. The lowest BCUT2D eigenvalue weighted by Gasteiger charge is -2.19. The number of aliphatic hydroxyl groups excluding tert-OH is 1. The van der Waals surface area contributed by atoms with E-state index in [1.54, 1.807) is 12.1 Å². The van der Waals surface area contributed by atoms with Crippen LogP contribution in [0, 0.1) is 5.82 Å². The summed E-state index contributed by atoms with van der Waals surface area (Å²) in [5, 5.41) is 8.98.